The summed E-state index contributed by atoms with van der Waals surface area (Å²) >= 11 is 0. The zero-order valence-corrected chi connectivity index (χ0v) is 9.23. The molecule has 0 saturated carbocycles. The maximum Gasteiger partial charge on any atom is 0.335 e. The Bertz CT molecular complexity index is 657. The molecule has 17 heavy (non-hydrogen) atoms. The maximum atomic E-state index is 11.6. The van der Waals surface area contributed by atoms with E-state index in [1.54, 1.807) is 0 Å². The minimum Gasteiger partial charge on any atom is -0.326 e. The predicted octanol–water partition coefficient (Wildman–Crippen LogP) is -0.806. The van der Waals surface area contributed by atoms with Crippen molar-refractivity contribution in [3.63, 3.8) is 0 Å². The highest BCUT2D eigenvalue weighted by molar-refractivity contribution is 5.25. The van der Waals surface area contributed by atoms with Crippen LogP contribution in [0.3, 0.4) is 0 Å². The SMILES string of the molecule is CN1Cc2nc(-n3ccc(=O)[nH]c3=O)[nH]c2C1. The molecule has 88 valence electrons. The van der Waals surface area contributed by atoms with Gasteiger partial charge in [-0.3, -0.25) is 14.7 Å². The normalized spacial score (nSPS) is 15.1. The fraction of sp³-hybridized carbons (Fsp3) is 0.300. The van der Waals surface area contributed by atoms with E-state index in [4.69, 9.17) is 0 Å². The summed E-state index contributed by atoms with van der Waals surface area (Å²) in [5.74, 6) is 0.448. The monoisotopic (exact) mass is 233 g/mol. The zero-order chi connectivity index (χ0) is 12.0. The largest absolute Gasteiger partial charge is 0.335 e. The summed E-state index contributed by atoms with van der Waals surface area (Å²) < 4.78 is 1.29. The molecular weight excluding hydrogens is 222 g/mol. The molecule has 0 spiro atoms. The molecule has 0 aromatic carbocycles. The van der Waals surface area contributed by atoms with E-state index in [-0.39, 0.29) is 0 Å². The Balaban J connectivity index is 2.09. The predicted molar refractivity (Wildman–Crippen MR) is 60.0 cm³/mol. The lowest BCUT2D eigenvalue weighted by molar-refractivity contribution is 0.347. The number of nitrogens with zero attached hydrogens (tertiary/aromatic N) is 3. The van der Waals surface area contributed by atoms with Gasteiger partial charge in [0.15, 0.2) is 0 Å². The Morgan fingerprint density at radius 2 is 2.12 bits per heavy atom. The standard InChI is InChI=1S/C10H11N5O2/c1-14-4-6-7(5-14)12-9(11-6)15-3-2-8(16)13-10(15)17/h2-3H,4-5H2,1H3,(H,11,12)(H,13,16,17). The molecule has 7 heteroatoms. The van der Waals surface area contributed by atoms with Crippen molar-refractivity contribution in [2.45, 2.75) is 13.1 Å². The van der Waals surface area contributed by atoms with Crippen LogP contribution in [0, 0.1) is 0 Å². The summed E-state index contributed by atoms with van der Waals surface area (Å²) in [7, 11) is 2.00. The van der Waals surface area contributed by atoms with E-state index in [0.29, 0.717) is 5.95 Å². The number of imidazole rings is 1. The Kier molecular flexibility index (Phi) is 2.02. The van der Waals surface area contributed by atoms with Gasteiger partial charge in [-0.1, -0.05) is 0 Å². The fourth-order valence-electron chi connectivity index (χ4n) is 1.97. The van der Waals surface area contributed by atoms with Gasteiger partial charge in [0.1, 0.15) is 0 Å². The van der Waals surface area contributed by atoms with Gasteiger partial charge in [-0.2, -0.15) is 0 Å². The minimum absolute atomic E-state index is 0.412. The second-order valence-corrected chi connectivity index (χ2v) is 4.14. The molecule has 2 aromatic rings. The lowest BCUT2D eigenvalue weighted by atomic mass is 10.4. The number of nitrogens with one attached hydrogen (secondary N) is 2. The van der Waals surface area contributed by atoms with Gasteiger partial charge >= 0.3 is 5.69 Å². The van der Waals surface area contributed by atoms with Gasteiger partial charge in [0.05, 0.1) is 11.4 Å². The summed E-state index contributed by atoms with van der Waals surface area (Å²) in [6.45, 7) is 1.56. The highest BCUT2D eigenvalue weighted by Gasteiger charge is 2.20. The van der Waals surface area contributed by atoms with Gasteiger partial charge in [-0.15, -0.1) is 0 Å². The van der Waals surface area contributed by atoms with Gasteiger partial charge in [0, 0.05) is 25.4 Å². The second-order valence-electron chi connectivity index (χ2n) is 4.14. The number of hydrogen-bond acceptors (Lipinski definition) is 4. The first kappa shape index (κ1) is 10.0. The van der Waals surface area contributed by atoms with E-state index >= 15 is 0 Å². The van der Waals surface area contributed by atoms with Crippen molar-refractivity contribution in [1.82, 2.24) is 24.4 Å². The third kappa shape index (κ3) is 1.60. The first-order valence-electron chi connectivity index (χ1n) is 5.22. The Hall–Kier alpha value is -2.15. The molecule has 0 radical (unpaired) electrons. The van der Waals surface area contributed by atoms with Crippen LogP contribution in [-0.4, -0.2) is 31.5 Å². The average Bonchev–Trinajstić information content (AvgIpc) is 2.74. The lowest BCUT2D eigenvalue weighted by Crippen LogP contribution is -2.28. The molecule has 1 aliphatic rings. The van der Waals surface area contributed by atoms with E-state index < -0.39 is 11.2 Å². The van der Waals surface area contributed by atoms with Crippen molar-refractivity contribution >= 4 is 0 Å². The van der Waals surface area contributed by atoms with Crippen molar-refractivity contribution in [2.75, 3.05) is 7.05 Å². The molecule has 3 rings (SSSR count). The summed E-state index contributed by atoms with van der Waals surface area (Å²) in [6, 6.07) is 1.29. The Labute approximate surface area is 95.7 Å². The molecule has 0 bridgehead atoms. The Morgan fingerprint density at radius 3 is 2.82 bits per heavy atom. The summed E-state index contributed by atoms with van der Waals surface area (Å²) in [5, 5.41) is 0. The van der Waals surface area contributed by atoms with Crippen molar-refractivity contribution in [1.29, 1.82) is 0 Å². The van der Waals surface area contributed by atoms with Gasteiger partial charge in [0.2, 0.25) is 5.95 Å². The third-order valence-electron chi connectivity index (χ3n) is 2.75. The van der Waals surface area contributed by atoms with E-state index in [1.165, 1.54) is 16.8 Å². The molecule has 0 fully saturated rings. The first-order valence-corrected chi connectivity index (χ1v) is 5.22. The zero-order valence-electron chi connectivity index (χ0n) is 9.23. The number of aromatic amines is 2. The van der Waals surface area contributed by atoms with Crippen molar-refractivity contribution in [3.05, 3.63) is 44.5 Å². The number of fused-ring (bicyclic) bond motifs is 1. The van der Waals surface area contributed by atoms with E-state index in [1.807, 2.05) is 7.05 Å². The quantitative estimate of drug-likeness (QED) is 0.674. The Morgan fingerprint density at radius 1 is 1.29 bits per heavy atom. The number of H-pyrrole nitrogens is 2. The average molecular weight is 233 g/mol. The molecule has 2 aromatic heterocycles. The molecule has 2 N–H and O–H groups in total. The summed E-state index contributed by atoms with van der Waals surface area (Å²) in [5.41, 5.74) is 1.06. The molecule has 1 aliphatic heterocycles. The lowest BCUT2D eigenvalue weighted by Gasteiger charge is -2.05. The van der Waals surface area contributed by atoms with Crippen LogP contribution in [0.15, 0.2) is 21.9 Å². The number of aromatic nitrogens is 4. The number of rotatable bonds is 1. The maximum absolute atomic E-state index is 11.6. The third-order valence-corrected chi connectivity index (χ3v) is 2.75. The molecule has 0 unspecified atom stereocenters. The van der Waals surface area contributed by atoms with Crippen LogP contribution in [0.1, 0.15) is 11.4 Å². The second kappa shape index (κ2) is 3.42. The topological polar surface area (TPSA) is 86.8 Å². The van der Waals surface area contributed by atoms with Crippen LogP contribution in [0.4, 0.5) is 0 Å². The van der Waals surface area contributed by atoms with Crippen LogP contribution in [0.5, 0.6) is 0 Å². The van der Waals surface area contributed by atoms with Crippen LogP contribution >= 0.6 is 0 Å². The van der Waals surface area contributed by atoms with Gasteiger partial charge in [0.25, 0.3) is 5.56 Å². The molecule has 0 aliphatic carbocycles. The van der Waals surface area contributed by atoms with Gasteiger partial charge in [-0.05, 0) is 7.05 Å². The molecule has 3 heterocycles. The van der Waals surface area contributed by atoms with Crippen molar-refractivity contribution in [3.8, 4) is 5.95 Å². The smallest absolute Gasteiger partial charge is 0.326 e. The van der Waals surface area contributed by atoms with E-state index in [0.717, 1.165) is 24.5 Å². The van der Waals surface area contributed by atoms with Crippen LogP contribution in [0.2, 0.25) is 0 Å². The fourth-order valence-corrected chi connectivity index (χ4v) is 1.97. The molecule has 0 saturated heterocycles. The highest BCUT2D eigenvalue weighted by Crippen LogP contribution is 2.19. The van der Waals surface area contributed by atoms with Crippen molar-refractivity contribution in [2.24, 2.45) is 0 Å². The van der Waals surface area contributed by atoms with Gasteiger partial charge < -0.3 is 4.98 Å². The van der Waals surface area contributed by atoms with Crippen LogP contribution < -0.4 is 11.2 Å². The van der Waals surface area contributed by atoms with Gasteiger partial charge in [-0.25, -0.2) is 14.3 Å². The molecule has 0 atom stereocenters. The summed E-state index contributed by atoms with van der Waals surface area (Å²) in [4.78, 5) is 34.3. The minimum atomic E-state index is -0.488. The van der Waals surface area contributed by atoms with E-state index in [2.05, 4.69) is 19.9 Å². The molecule has 7 nitrogen and oxygen atoms in total. The van der Waals surface area contributed by atoms with Crippen LogP contribution in [0.25, 0.3) is 5.95 Å². The summed E-state index contributed by atoms with van der Waals surface area (Å²) in [6.07, 6.45) is 1.42. The van der Waals surface area contributed by atoms with Crippen molar-refractivity contribution < 1.29 is 0 Å². The molecule has 0 amide bonds. The number of hydrogen-bond donors (Lipinski definition) is 2. The van der Waals surface area contributed by atoms with E-state index in [9.17, 15) is 9.59 Å². The first-order chi connectivity index (χ1) is 8.13. The molecular formula is C10H11N5O2. The van der Waals surface area contributed by atoms with Crippen LogP contribution in [-0.2, 0) is 13.1 Å². The highest BCUT2D eigenvalue weighted by atomic mass is 16.2.